The molecule has 1 aromatic heterocycles. The monoisotopic (exact) mass is 155 g/mol. The van der Waals surface area contributed by atoms with Gasteiger partial charge in [-0.05, 0) is 0 Å². The molecule has 0 spiro atoms. The van der Waals surface area contributed by atoms with Crippen LogP contribution in [0.15, 0.2) is 0 Å². The van der Waals surface area contributed by atoms with Gasteiger partial charge in [-0.25, -0.2) is 9.78 Å². The molecule has 11 heavy (non-hydrogen) atoms. The third kappa shape index (κ3) is 1.31. The van der Waals surface area contributed by atoms with Gasteiger partial charge in [0.25, 0.3) is 0 Å². The average molecular weight is 155 g/mol. The number of hydrogen-bond donors (Lipinski definition) is 3. The number of nitrogens with zero attached hydrogens (tertiary/aromatic N) is 1. The average Bonchev–Trinajstić information content (AvgIpc) is 2.30. The second-order valence-electron chi connectivity index (χ2n) is 2.10. The summed E-state index contributed by atoms with van der Waals surface area (Å²) in [5, 5.41) is 8.52. The lowest BCUT2D eigenvalue weighted by atomic mass is 10.4. The number of carbonyl (C=O) groups is 1. The predicted molar refractivity (Wildman–Crippen MR) is 39.3 cm³/mol. The zero-order valence-corrected chi connectivity index (χ0v) is 6.09. The Labute approximate surface area is 63.3 Å². The van der Waals surface area contributed by atoms with Crippen LogP contribution in [0.5, 0.6) is 0 Å². The van der Waals surface area contributed by atoms with E-state index in [-0.39, 0.29) is 11.5 Å². The van der Waals surface area contributed by atoms with E-state index < -0.39 is 5.97 Å². The number of carboxylic acids is 1. The molecule has 0 saturated heterocycles. The van der Waals surface area contributed by atoms with Crippen LogP contribution in [0.4, 0.5) is 5.82 Å². The second-order valence-corrected chi connectivity index (χ2v) is 2.10. The van der Waals surface area contributed by atoms with Gasteiger partial charge in [-0.2, -0.15) is 0 Å². The van der Waals surface area contributed by atoms with E-state index in [1.807, 2.05) is 6.92 Å². The van der Waals surface area contributed by atoms with Gasteiger partial charge in [0.15, 0.2) is 11.5 Å². The zero-order valence-electron chi connectivity index (χ0n) is 6.09. The molecule has 60 valence electrons. The van der Waals surface area contributed by atoms with Gasteiger partial charge in [-0.15, -0.1) is 0 Å². The van der Waals surface area contributed by atoms with Crippen molar-refractivity contribution >= 4 is 11.8 Å². The fraction of sp³-hybridized carbons (Fsp3) is 0.333. The van der Waals surface area contributed by atoms with Gasteiger partial charge in [0.1, 0.15) is 5.82 Å². The summed E-state index contributed by atoms with van der Waals surface area (Å²) >= 11 is 0. The first kappa shape index (κ1) is 7.59. The molecule has 0 atom stereocenters. The van der Waals surface area contributed by atoms with Crippen molar-refractivity contribution in [3.05, 3.63) is 11.5 Å². The fourth-order valence-corrected chi connectivity index (χ4v) is 0.768. The zero-order chi connectivity index (χ0) is 8.43. The SMILES string of the molecule is CCc1nc(N)c(C(=O)O)[nH]1. The maximum absolute atomic E-state index is 10.4. The number of aromatic amines is 1. The Hall–Kier alpha value is -1.52. The number of anilines is 1. The summed E-state index contributed by atoms with van der Waals surface area (Å²) in [5.41, 5.74) is 5.27. The molecule has 0 aromatic carbocycles. The van der Waals surface area contributed by atoms with Gasteiger partial charge in [-0.1, -0.05) is 6.92 Å². The second kappa shape index (κ2) is 2.61. The van der Waals surface area contributed by atoms with Crippen molar-refractivity contribution in [1.29, 1.82) is 0 Å². The lowest BCUT2D eigenvalue weighted by Gasteiger charge is -1.86. The van der Waals surface area contributed by atoms with Crippen molar-refractivity contribution in [3.63, 3.8) is 0 Å². The third-order valence-electron chi connectivity index (χ3n) is 1.33. The molecule has 4 N–H and O–H groups in total. The lowest BCUT2D eigenvalue weighted by Crippen LogP contribution is -2.01. The van der Waals surface area contributed by atoms with E-state index in [4.69, 9.17) is 10.8 Å². The van der Waals surface area contributed by atoms with Crippen LogP contribution in [0.3, 0.4) is 0 Å². The van der Waals surface area contributed by atoms with E-state index in [0.717, 1.165) is 0 Å². The molecule has 1 heterocycles. The number of aromatic nitrogens is 2. The molecule has 1 aromatic rings. The first-order valence-corrected chi connectivity index (χ1v) is 3.22. The first-order valence-electron chi connectivity index (χ1n) is 3.22. The van der Waals surface area contributed by atoms with Crippen LogP contribution < -0.4 is 5.73 Å². The Morgan fingerprint density at radius 1 is 1.82 bits per heavy atom. The van der Waals surface area contributed by atoms with Crippen LogP contribution in [-0.4, -0.2) is 21.0 Å². The molecule has 0 unspecified atom stereocenters. The van der Waals surface area contributed by atoms with E-state index in [9.17, 15) is 4.79 Å². The summed E-state index contributed by atoms with van der Waals surface area (Å²) in [5.74, 6) is -0.427. The molecular formula is C6H9N3O2. The number of nitrogens with one attached hydrogen (secondary N) is 1. The number of nitrogens with two attached hydrogens (primary N) is 1. The number of hydrogen-bond acceptors (Lipinski definition) is 3. The number of aryl methyl sites for hydroxylation is 1. The molecule has 5 heteroatoms. The van der Waals surface area contributed by atoms with Gasteiger partial charge in [-0.3, -0.25) is 0 Å². The van der Waals surface area contributed by atoms with E-state index in [2.05, 4.69) is 9.97 Å². The topological polar surface area (TPSA) is 92.0 Å². The van der Waals surface area contributed by atoms with Crippen molar-refractivity contribution in [2.75, 3.05) is 5.73 Å². The molecule has 0 saturated carbocycles. The molecule has 0 radical (unpaired) electrons. The van der Waals surface area contributed by atoms with E-state index in [1.54, 1.807) is 0 Å². The van der Waals surface area contributed by atoms with E-state index in [0.29, 0.717) is 12.2 Å². The lowest BCUT2D eigenvalue weighted by molar-refractivity contribution is 0.0692. The summed E-state index contributed by atoms with van der Waals surface area (Å²) in [7, 11) is 0. The largest absolute Gasteiger partial charge is 0.476 e. The van der Waals surface area contributed by atoms with Crippen molar-refractivity contribution in [2.45, 2.75) is 13.3 Å². The summed E-state index contributed by atoms with van der Waals surface area (Å²) in [6.07, 6.45) is 0.650. The molecule has 0 aliphatic rings. The molecular weight excluding hydrogens is 146 g/mol. The Kier molecular flexibility index (Phi) is 1.80. The standard InChI is InChI=1S/C6H9N3O2/c1-2-3-8-4(6(10)11)5(7)9-3/h2,7H2,1H3,(H,8,9)(H,10,11). The minimum absolute atomic E-state index is 0.0261. The molecule has 0 amide bonds. The molecule has 0 fully saturated rings. The maximum atomic E-state index is 10.4. The summed E-state index contributed by atoms with van der Waals surface area (Å²) in [6.45, 7) is 1.86. The Morgan fingerprint density at radius 3 is 2.73 bits per heavy atom. The first-order chi connectivity index (χ1) is 5.15. The van der Waals surface area contributed by atoms with Crippen LogP contribution in [0.2, 0.25) is 0 Å². The Balaban J connectivity index is 3.07. The van der Waals surface area contributed by atoms with Crippen LogP contribution in [-0.2, 0) is 6.42 Å². The normalized spacial score (nSPS) is 9.91. The van der Waals surface area contributed by atoms with Crippen molar-refractivity contribution in [1.82, 2.24) is 9.97 Å². The summed E-state index contributed by atoms with van der Waals surface area (Å²) < 4.78 is 0. The number of aromatic carboxylic acids is 1. The van der Waals surface area contributed by atoms with Crippen molar-refractivity contribution in [3.8, 4) is 0 Å². The van der Waals surface area contributed by atoms with Gasteiger partial charge >= 0.3 is 5.97 Å². The third-order valence-corrected chi connectivity index (χ3v) is 1.33. The van der Waals surface area contributed by atoms with Crippen LogP contribution in [0, 0.1) is 0 Å². The molecule has 0 aliphatic heterocycles. The summed E-state index contributed by atoms with van der Waals surface area (Å²) in [6, 6.07) is 0. The Bertz CT molecular complexity index is 279. The highest BCUT2D eigenvalue weighted by molar-refractivity contribution is 5.90. The van der Waals surface area contributed by atoms with Gasteiger partial charge in [0.05, 0.1) is 0 Å². The molecule has 5 nitrogen and oxygen atoms in total. The van der Waals surface area contributed by atoms with Gasteiger partial charge in [0.2, 0.25) is 0 Å². The number of carboxylic acid groups (broad SMARTS) is 1. The van der Waals surface area contributed by atoms with Crippen LogP contribution in [0.25, 0.3) is 0 Å². The van der Waals surface area contributed by atoms with Gasteiger partial charge in [0, 0.05) is 6.42 Å². The highest BCUT2D eigenvalue weighted by atomic mass is 16.4. The molecule has 0 aliphatic carbocycles. The summed E-state index contributed by atoms with van der Waals surface area (Å²) in [4.78, 5) is 16.8. The highest BCUT2D eigenvalue weighted by Crippen LogP contribution is 2.07. The number of nitrogen functional groups attached to an aromatic ring is 1. The predicted octanol–water partition coefficient (Wildman–Crippen LogP) is 0.253. The highest BCUT2D eigenvalue weighted by Gasteiger charge is 2.11. The smallest absolute Gasteiger partial charge is 0.356 e. The van der Waals surface area contributed by atoms with Crippen molar-refractivity contribution < 1.29 is 9.90 Å². The van der Waals surface area contributed by atoms with E-state index in [1.165, 1.54) is 0 Å². The molecule has 1 rings (SSSR count). The minimum atomic E-state index is -1.07. The maximum Gasteiger partial charge on any atom is 0.356 e. The van der Waals surface area contributed by atoms with Gasteiger partial charge < -0.3 is 15.8 Å². The number of H-pyrrole nitrogens is 1. The van der Waals surface area contributed by atoms with E-state index >= 15 is 0 Å². The fourth-order valence-electron chi connectivity index (χ4n) is 0.768. The van der Waals surface area contributed by atoms with Crippen molar-refractivity contribution in [2.24, 2.45) is 0 Å². The minimum Gasteiger partial charge on any atom is -0.476 e. The molecule has 0 bridgehead atoms. The Morgan fingerprint density at radius 2 is 2.45 bits per heavy atom. The number of rotatable bonds is 2. The van der Waals surface area contributed by atoms with Crippen LogP contribution >= 0.6 is 0 Å². The van der Waals surface area contributed by atoms with Crippen LogP contribution in [0.1, 0.15) is 23.2 Å². The quantitative estimate of drug-likeness (QED) is 0.570. The number of imidazole rings is 1.